The molecule has 0 saturated heterocycles. The second kappa shape index (κ2) is 15.9. The van der Waals surface area contributed by atoms with Crippen molar-refractivity contribution in [1.29, 1.82) is 0 Å². The molecule has 4 heteroatoms. The van der Waals surface area contributed by atoms with Gasteiger partial charge in [-0.05, 0) is 42.4 Å². The van der Waals surface area contributed by atoms with Gasteiger partial charge in [-0.3, -0.25) is 0 Å². The normalized spacial score (nSPS) is 12.1. The first-order valence-electron chi connectivity index (χ1n) is 12.6. The van der Waals surface area contributed by atoms with Crippen molar-refractivity contribution in [2.75, 3.05) is 0 Å². The molecule has 1 rings (SSSR count). The maximum absolute atomic E-state index is 11.9. The summed E-state index contributed by atoms with van der Waals surface area (Å²) in [6, 6.07) is 3.28. The Hall–Kier alpha value is -1.84. The van der Waals surface area contributed by atoms with E-state index in [-0.39, 0.29) is 17.0 Å². The number of benzene rings is 1. The minimum atomic E-state index is -1.17. The first kappa shape index (κ1) is 27.2. The summed E-state index contributed by atoms with van der Waals surface area (Å²) in [5.41, 5.74) is 1.61. The molecular weight excluding hydrogens is 388 g/mol. The van der Waals surface area contributed by atoms with E-state index in [0.29, 0.717) is 6.42 Å². The molecule has 176 valence electrons. The van der Waals surface area contributed by atoms with Crippen LogP contribution in [0.2, 0.25) is 0 Å². The number of carbonyl (C=O) groups is 2. The summed E-state index contributed by atoms with van der Waals surface area (Å²) in [4.78, 5) is 23.4. The van der Waals surface area contributed by atoms with Crippen molar-refractivity contribution >= 4 is 11.9 Å². The monoisotopic (exact) mass is 432 g/mol. The molecule has 0 aliphatic carbocycles. The second-order valence-corrected chi connectivity index (χ2v) is 8.97. The summed E-state index contributed by atoms with van der Waals surface area (Å²) in [6.07, 6.45) is 18.0. The molecule has 0 saturated carbocycles. The van der Waals surface area contributed by atoms with E-state index in [9.17, 15) is 19.8 Å². The van der Waals surface area contributed by atoms with Gasteiger partial charge >= 0.3 is 11.9 Å². The molecule has 0 aliphatic rings. The quantitative estimate of drug-likeness (QED) is 0.229. The van der Waals surface area contributed by atoms with E-state index < -0.39 is 11.9 Å². The Morgan fingerprint density at radius 1 is 0.742 bits per heavy atom. The van der Waals surface area contributed by atoms with E-state index in [1.54, 1.807) is 0 Å². The fourth-order valence-electron chi connectivity index (χ4n) is 4.36. The van der Waals surface area contributed by atoms with Crippen molar-refractivity contribution < 1.29 is 19.8 Å². The van der Waals surface area contributed by atoms with Crippen LogP contribution in [0.25, 0.3) is 0 Å². The third-order valence-corrected chi connectivity index (χ3v) is 6.47. The molecule has 1 aromatic rings. The zero-order valence-corrected chi connectivity index (χ0v) is 20.0. The molecule has 0 fully saturated rings. The predicted octanol–water partition coefficient (Wildman–Crippen LogP) is 8.23. The highest BCUT2D eigenvalue weighted by molar-refractivity contribution is 6.03. The van der Waals surface area contributed by atoms with Crippen molar-refractivity contribution in [3.8, 4) is 0 Å². The van der Waals surface area contributed by atoms with Crippen molar-refractivity contribution in [3.05, 3.63) is 34.4 Å². The molecular formula is C27H44O4. The van der Waals surface area contributed by atoms with Gasteiger partial charge in [-0.25, -0.2) is 9.59 Å². The number of rotatable bonds is 18. The lowest BCUT2D eigenvalue weighted by Gasteiger charge is -2.19. The summed E-state index contributed by atoms with van der Waals surface area (Å²) < 4.78 is 0. The van der Waals surface area contributed by atoms with Gasteiger partial charge in [-0.1, -0.05) is 104 Å². The minimum absolute atomic E-state index is 0.00997. The molecule has 2 N–H and O–H groups in total. The Kier molecular flexibility index (Phi) is 13.9. The third-order valence-electron chi connectivity index (χ3n) is 6.47. The highest BCUT2D eigenvalue weighted by atomic mass is 16.4. The Bertz CT molecular complexity index is 665. The molecule has 0 radical (unpaired) electrons. The van der Waals surface area contributed by atoms with Crippen LogP contribution in [-0.2, 0) is 6.42 Å². The number of hydrogen-bond donors (Lipinski definition) is 2. The number of unbranched alkanes of at least 4 members (excludes halogenated alkanes) is 12. The SMILES string of the molecule is CCCCCCCCCCCCCCCc1c(C(C)CC)ccc(C(=O)O)c1C(=O)O. The van der Waals surface area contributed by atoms with Gasteiger partial charge in [0.25, 0.3) is 0 Å². The van der Waals surface area contributed by atoms with Crippen LogP contribution in [0.15, 0.2) is 12.1 Å². The third kappa shape index (κ3) is 9.88. The van der Waals surface area contributed by atoms with Crippen LogP contribution in [-0.4, -0.2) is 22.2 Å². The van der Waals surface area contributed by atoms with Crippen molar-refractivity contribution in [2.45, 2.75) is 123 Å². The number of hydrogen-bond acceptors (Lipinski definition) is 2. The van der Waals surface area contributed by atoms with Crippen molar-refractivity contribution in [1.82, 2.24) is 0 Å². The van der Waals surface area contributed by atoms with Crippen molar-refractivity contribution in [2.24, 2.45) is 0 Å². The van der Waals surface area contributed by atoms with Crippen LogP contribution in [0.5, 0.6) is 0 Å². The lowest BCUT2D eigenvalue weighted by Crippen LogP contribution is -2.15. The van der Waals surface area contributed by atoms with Crippen LogP contribution in [0, 0.1) is 0 Å². The topological polar surface area (TPSA) is 74.6 Å². The van der Waals surface area contributed by atoms with Gasteiger partial charge in [0.05, 0.1) is 11.1 Å². The maximum Gasteiger partial charge on any atom is 0.336 e. The van der Waals surface area contributed by atoms with Gasteiger partial charge in [0.1, 0.15) is 0 Å². The second-order valence-electron chi connectivity index (χ2n) is 8.97. The van der Waals surface area contributed by atoms with E-state index in [1.165, 1.54) is 70.3 Å². The van der Waals surface area contributed by atoms with Crippen LogP contribution >= 0.6 is 0 Å². The van der Waals surface area contributed by atoms with Crippen LogP contribution in [0.3, 0.4) is 0 Å². The fraction of sp³-hybridized carbons (Fsp3) is 0.704. The van der Waals surface area contributed by atoms with Gasteiger partial charge in [0.15, 0.2) is 0 Å². The lowest BCUT2D eigenvalue weighted by atomic mass is 9.85. The highest BCUT2D eigenvalue weighted by Crippen LogP contribution is 2.29. The first-order valence-corrected chi connectivity index (χ1v) is 12.6. The Morgan fingerprint density at radius 3 is 1.65 bits per heavy atom. The van der Waals surface area contributed by atoms with E-state index in [0.717, 1.165) is 36.8 Å². The minimum Gasteiger partial charge on any atom is -0.478 e. The molecule has 0 amide bonds. The van der Waals surface area contributed by atoms with Crippen LogP contribution in [0.1, 0.15) is 148 Å². The molecule has 4 nitrogen and oxygen atoms in total. The van der Waals surface area contributed by atoms with Crippen LogP contribution in [0.4, 0.5) is 0 Å². The summed E-state index contributed by atoms with van der Waals surface area (Å²) in [5.74, 6) is -2.08. The zero-order valence-electron chi connectivity index (χ0n) is 20.0. The lowest BCUT2D eigenvalue weighted by molar-refractivity contribution is 0.0650. The maximum atomic E-state index is 11.9. The van der Waals surface area contributed by atoms with Crippen LogP contribution < -0.4 is 0 Å². The van der Waals surface area contributed by atoms with E-state index in [1.807, 2.05) is 6.07 Å². The molecule has 0 aromatic heterocycles. The largest absolute Gasteiger partial charge is 0.478 e. The average Bonchev–Trinajstić information content (AvgIpc) is 2.75. The number of aromatic carboxylic acids is 2. The standard InChI is InChI=1S/C27H44O4/c1-4-6-7-8-9-10-11-12-13-14-15-16-17-18-23-22(21(3)5-2)19-20-24(26(28)29)25(23)27(30)31/h19-21H,4-18H2,1-3H3,(H,28,29)(H,30,31). The molecule has 0 bridgehead atoms. The zero-order chi connectivity index (χ0) is 23.1. The Labute approximate surface area is 189 Å². The van der Waals surface area contributed by atoms with Gasteiger partial charge in [-0.15, -0.1) is 0 Å². The average molecular weight is 433 g/mol. The highest BCUT2D eigenvalue weighted by Gasteiger charge is 2.24. The summed E-state index contributed by atoms with van der Waals surface area (Å²) in [5, 5.41) is 19.2. The number of carboxylic acid groups (broad SMARTS) is 2. The summed E-state index contributed by atoms with van der Waals surface area (Å²) in [6.45, 7) is 6.41. The van der Waals surface area contributed by atoms with Crippen molar-refractivity contribution in [3.63, 3.8) is 0 Å². The summed E-state index contributed by atoms with van der Waals surface area (Å²) in [7, 11) is 0. The number of carboxylic acids is 2. The Morgan fingerprint density at radius 2 is 1.23 bits per heavy atom. The molecule has 31 heavy (non-hydrogen) atoms. The van der Waals surface area contributed by atoms with Gasteiger partial charge < -0.3 is 10.2 Å². The molecule has 1 unspecified atom stereocenters. The molecule has 0 spiro atoms. The molecule has 0 aliphatic heterocycles. The van der Waals surface area contributed by atoms with E-state index in [2.05, 4.69) is 20.8 Å². The Balaban J connectivity index is 2.46. The van der Waals surface area contributed by atoms with E-state index in [4.69, 9.17) is 0 Å². The van der Waals surface area contributed by atoms with E-state index >= 15 is 0 Å². The molecule has 0 heterocycles. The fourth-order valence-corrected chi connectivity index (χ4v) is 4.36. The molecule has 1 atom stereocenters. The first-order chi connectivity index (χ1) is 14.9. The van der Waals surface area contributed by atoms with Gasteiger partial charge in [0.2, 0.25) is 0 Å². The van der Waals surface area contributed by atoms with Gasteiger partial charge in [0, 0.05) is 0 Å². The predicted molar refractivity (Wildman–Crippen MR) is 128 cm³/mol. The van der Waals surface area contributed by atoms with Gasteiger partial charge in [-0.2, -0.15) is 0 Å². The molecule has 1 aromatic carbocycles. The summed E-state index contributed by atoms with van der Waals surface area (Å²) >= 11 is 0. The smallest absolute Gasteiger partial charge is 0.336 e.